The summed E-state index contributed by atoms with van der Waals surface area (Å²) in [4.78, 5) is 41.8. The number of carbonyl (C=O) groups excluding carboxylic acids is 3. The van der Waals surface area contributed by atoms with Crippen LogP contribution in [-0.2, 0) is 16.0 Å². The Labute approximate surface area is 209 Å². The lowest BCUT2D eigenvalue weighted by atomic mass is 9.94. The van der Waals surface area contributed by atoms with Crippen molar-refractivity contribution in [3.05, 3.63) is 82.0 Å². The van der Waals surface area contributed by atoms with Crippen LogP contribution in [-0.4, -0.2) is 28.7 Å². The molecular weight excluding hydrogens is 460 g/mol. The highest BCUT2D eigenvalue weighted by molar-refractivity contribution is 7.10. The number of ketones is 1. The largest absolute Gasteiger partial charge is 0.508 e. The number of benzene rings is 2. The van der Waals surface area contributed by atoms with Crippen molar-refractivity contribution in [3.63, 3.8) is 0 Å². The van der Waals surface area contributed by atoms with Gasteiger partial charge < -0.3 is 10.4 Å². The summed E-state index contributed by atoms with van der Waals surface area (Å²) in [5.41, 5.74) is 1.67. The molecular formula is C28H30N2O4S. The second-order valence-electron chi connectivity index (χ2n) is 8.96. The Morgan fingerprint density at radius 2 is 1.69 bits per heavy atom. The molecule has 0 saturated heterocycles. The first-order valence-electron chi connectivity index (χ1n) is 12.0. The Hall–Kier alpha value is -3.45. The molecule has 2 N–H and O–H groups in total. The first kappa shape index (κ1) is 24.7. The van der Waals surface area contributed by atoms with Gasteiger partial charge in [0.05, 0.1) is 6.42 Å². The van der Waals surface area contributed by atoms with E-state index in [0.29, 0.717) is 16.8 Å². The Morgan fingerprint density at radius 1 is 1.00 bits per heavy atom. The van der Waals surface area contributed by atoms with Crippen LogP contribution in [0.4, 0.5) is 5.69 Å². The van der Waals surface area contributed by atoms with E-state index in [2.05, 4.69) is 5.32 Å². The number of nitrogens with zero attached hydrogens (tertiary/aromatic N) is 1. The summed E-state index contributed by atoms with van der Waals surface area (Å²) in [6.45, 7) is 1.49. The van der Waals surface area contributed by atoms with Crippen LogP contribution in [0, 0.1) is 0 Å². The van der Waals surface area contributed by atoms with E-state index < -0.39 is 6.04 Å². The number of hydrogen-bond donors (Lipinski definition) is 2. The van der Waals surface area contributed by atoms with Crippen molar-refractivity contribution in [2.75, 3.05) is 4.90 Å². The van der Waals surface area contributed by atoms with E-state index in [-0.39, 0.29) is 35.8 Å². The van der Waals surface area contributed by atoms with Gasteiger partial charge in [-0.1, -0.05) is 37.5 Å². The number of hydrogen-bond acceptors (Lipinski definition) is 5. The summed E-state index contributed by atoms with van der Waals surface area (Å²) in [5, 5.41) is 14.9. The molecule has 0 bridgehead atoms. The number of rotatable bonds is 8. The molecule has 3 aromatic rings. The smallest absolute Gasteiger partial charge is 0.248 e. The number of carbonyl (C=O) groups is 3. The lowest BCUT2D eigenvalue weighted by Crippen LogP contribution is -2.47. The Morgan fingerprint density at radius 3 is 2.29 bits per heavy atom. The maximum absolute atomic E-state index is 13.8. The summed E-state index contributed by atoms with van der Waals surface area (Å²) in [5.74, 6) is -0.460. The first-order valence-corrected chi connectivity index (χ1v) is 12.8. The SMILES string of the molecule is CC(=O)c1ccc(N(C(=O)Cc2cccs2)[C@@H](C(=O)NC2CCCCC2)c2ccc(O)cc2)cc1. The molecule has 1 heterocycles. The normalized spacial score (nSPS) is 14.8. The number of anilines is 1. The van der Waals surface area contributed by atoms with Gasteiger partial charge in [0.2, 0.25) is 11.8 Å². The van der Waals surface area contributed by atoms with Gasteiger partial charge in [-0.05, 0) is 73.2 Å². The van der Waals surface area contributed by atoms with Crippen molar-refractivity contribution in [2.24, 2.45) is 0 Å². The van der Waals surface area contributed by atoms with E-state index in [1.807, 2.05) is 17.5 Å². The van der Waals surface area contributed by atoms with Crippen LogP contribution in [0.15, 0.2) is 66.0 Å². The summed E-state index contributed by atoms with van der Waals surface area (Å²) in [6.07, 6.45) is 5.30. The van der Waals surface area contributed by atoms with Gasteiger partial charge in [0, 0.05) is 22.2 Å². The van der Waals surface area contributed by atoms with Gasteiger partial charge in [-0.3, -0.25) is 19.3 Å². The minimum Gasteiger partial charge on any atom is -0.508 e. The van der Waals surface area contributed by atoms with Crippen molar-refractivity contribution in [3.8, 4) is 5.75 Å². The molecule has 1 fully saturated rings. The van der Waals surface area contributed by atoms with Crippen molar-refractivity contribution >= 4 is 34.6 Å². The standard InChI is InChI=1S/C28H30N2O4S/c1-19(31)20-9-13-23(14-10-20)30(26(33)18-25-8-5-17-35-25)27(21-11-15-24(32)16-12-21)28(34)29-22-6-3-2-4-7-22/h5,8-17,22,27,32H,2-4,6-7,18H2,1H3,(H,29,34)/t27-/m1/s1. The van der Waals surface area contributed by atoms with Crippen LogP contribution >= 0.6 is 11.3 Å². The average molecular weight is 491 g/mol. The molecule has 0 aliphatic heterocycles. The minimum atomic E-state index is -0.923. The lowest BCUT2D eigenvalue weighted by molar-refractivity contribution is -0.127. The van der Waals surface area contributed by atoms with Crippen molar-refractivity contribution in [1.82, 2.24) is 5.32 Å². The molecule has 0 spiro atoms. The molecule has 7 heteroatoms. The summed E-state index contributed by atoms with van der Waals surface area (Å²) >= 11 is 1.49. The maximum atomic E-state index is 13.8. The predicted octanol–water partition coefficient (Wildman–Crippen LogP) is 5.42. The molecule has 2 aromatic carbocycles. The summed E-state index contributed by atoms with van der Waals surface area (Å²) in [6, 6.07) is 16.1. The van der Waals surface area contributed by atoms with Crippen LogP contribution < -0.4 is 10.2 Å². The molecule has 1 atom stereocenters. The maximum Gasteiger partial charge on any atom is 0.248 e. The molecule has 2 amide bonds. The third kappa shape index (κ3) is 6.17. The van der Waals surface area contributed by atoms with Crippen LogP contribution in [0.2, 0.25) is 0 Å². The summed E-state index contributed by atoms with van der Waals surface area (Å²) in [7, 11) is 0. The molecule has 35 heavy (non-hydrogen) atoms. The Balaban J connectivity index is 1.75. The zero-order chi connectivity index (χ0) is 24.8. The van der Waals surface area contributed by atoms with Gasteiger partial charge in [-0.15, -0.1) is 11.3 Å². The van der Waals surface area contributed by atoms with Crippen molar-refractivity contribution < 1.29 is 19.5 Å². The molecule has 1 saturated carbocycles. The van der Waals surface area contributed by atoms with Crippen molar-refractivity contribution in [1.29, 1.82) is 0 Å². The topological polar surface area (TPSA) is 86.7 Å². The molecule has 0 radical (unpaired) electrons. The molecule has 182 valence electrons. The molecule has 0 unspecified atom stereocenters. The van der Waals surface area contributed by atoms with E-state index in [9.17, 15) is 19.5 Å². The van der Waals surface area contributed by atoms with E-state index >= 15 is 0 Å². The van der Waals surface area contributed by atoms with Gasteiger partial charge >= 0.3 is 0 Å². The predicted molar refractivity (Wildman–Crippen MR) is 138 cm³/mol. The number of amides is 2. The second kappa shape index (κ2) is 11.3. The average Bonchev–Trinajstić information content (AvgIpc) is 3.37. The highest BCUT2D eigenvalue weighted by Gasteiger charge is 2.34. The highest BCUT2D eigenvalue weighted by atomic mass is 32.1. The molecule has 1 aliphatic rings. The van der Waals surface area contributed by atoms with Crippen LogP contribution in [0.3, 0.4) is 0 Å². The zero-order valence-corrected chi connectivity index (χ0v) is 20.6. The van der Waals surface area contributed by atoms with Crippen LogP contribution in [0.1, 0.15) is 65.9 Å². The van der Waals surface area contributed by atoms with E-state index in [1.54, 1.807) is 36.4 Å². The fourth-order valence-electron chi connectivity index (χ4n) is 4.54. The Bertz CT molecular complexity index is 1150. The first-order chi connectivity index (χ1) is 16.9. The summed E-state index contributed by atoms with van der Waals surface area (Å²) < 4.78 is 0. The lowest BCUT2D eigenvalue weighted by Gasteiger charge is -2.33. The second-order valence-corrected chi connectivity index (χ2v) is 9.99. The molecule has 1 aromatic heterocycles. The van der Waals surface area contributed by atoms with Gasteiger partial charge in [0.1, 0.15) is 11.8 Å². The monoisotopic (exact) mass is 490 g/mol. The number of nitrogens with one attached hydrogen (secondary N) is 1. The van der Waals surface area contributed by atoms with Crippen LogP contribution in [0.25, 0.3) is 0 Å². The number of aromatic hydroxyl groups is 1. The number of Topliss-reactive ketones (excluding diaryl/α,β-unsaturated/α-hetero) is 1. The highest BCUT2D eigenvalue weighted by Crippen LogP contribution is 2.31. The van der Waals surface area contributed by atoms with E-state index in [0.717, 1.165) is 30.6 Å². The number of phenolic OH excluding ortho intramolecular Hbond substituents is 1. The number of thiophene rings is 1. The third-order valence-electron chi connectivity index (χ3n) is 6.39. The molecule has 6 nitrogen and oxygen atoms in total. The molecule has 1 aliphatic carbocycles. The Kier molecular flexibility index (Phi) is 7.98. The number of phenols is 1. The molecule has 4 rings (SSSR count). The fourth-order valence-corrected chi connectivity index (χ4v) is 5.24. The minimum absolute atomic E-state index is 0.0712. The van der Waals surface area contributed by atoms with Crippen molar-refractivity contribution in [2.45, 2.75) is 57.5 Å². The van der Waals surface area contributed by atoms with E-state index in [1.165, 1.54) is 41.7 Å². The van der Waals surface area contributed by atoms with Gasteiger partial charge in [0.15, 0.2) is 5.78 Å². The van der Waals surface area contributed by atoms with Crippen LogP contribution in [0.5, 0.6) is 5.75 Å². The van der Waals surface area contributed by atoms with Gasteiger partial charge in [0.25, 0.3) is 0 Å². The van der Waals surface area contributed by atoms with Gasteiger partial charge in [-0.2, -0.15) is 0 Å². The zero-order valence-electron chi connectivity index (χ0n) is 19.8. The quantitative estimate of drug-likeness (QED) is 0.413. The third-order valence-corrected chi connectivity index (χ3v) is 7.27. The van der Waals surface area contributed by atoms with E-state index in [4.69, 9.17) is 0 Å². The fraction of sp³-hybridized carbons (Fsp3) is 0.321. The van der Waals surface area contributed by atoms with Gasteiger partial charge in [-0.25, -0.2) is 0 Å².